The second-order valence-corrected chi connectivity index (χ2v) is 9.37. The van der Waals surface area contributed by atoms with E-state index in [1.807, 2.05) is 51.1 Å². The minimum Gasteiger partial charge on any atom is -0.362 e. The fourth-order valence-corrected chi connectivity index (χ4v) is 5.30. The number of rotatable bonds is 7. The van der Waals surface area contributed by atoms with Crippen LogP contribution in [0, 0.1) is 6.92 Å². The summed E-state index contributed by atoms with van der Waals surface area (Å²) in [6.45, 7) is 7.94. The fourth-order valence-electron chi connectivity index (χ4n) is 3.79. The van der Waals surface area contributed by atoms with Crippen LogP contribution in [-0.2, 0) is 23.0 Å². The van der Waals surface area contributed by atoms with Crippen LogP contribution in [0.3, 0.4) is 0 Å². The molecule has 0 aliphatic carbocycles. The van der Waals surface area contributed by atoms with Gasteiger partial charge >= 0.3 is 0 Å². The van der Waals surface area contributed by atoms with Crippen LogP contribution in [0.25, 0.3) is 11.4 Å². The first-order chi connectivity index (χ1) is 14.4. The van der Waals surface area contributed by atoms with Crippen molar-refractivity contribution in [2.45, 2.75) is 38.6 Å². The van der Waals surface area contributed by atoms with E-state index >= 15 is 0 Å². The van der Waals surface area contributed by atoms with Crippen LogP contribution in [0.2, 0.25) is 0 Å². The van der Waals surface area contributed by atoms with Crippen molar-refractivity contribution in [2.75, 3.05) is 24.5 Å². The summed E-state index contributed by atoms with van der Waals surface area (Å²) in [5.41, 5.74) is 4.15. The van der Waals surface area contributed by atoms with Gasteiger partial charge in [0, 0.05) is 30.9 Å². The standard InChI is InChI=1S/C22H26N4O3S/c1-4-26(5-2)30(27,28)19-10-11-20-18(14-19)12-13-25(20)15-21-23-22(24-29-21)17-8-6-16(3)7-9-17/h6-11,14H,4-5,12-13,15H2,1-3H3. The Morgan fingerprint density at radius 1 is 1.10 bits per heavy atom. The molecule has 2 aromatic carbocycles. The number of aromatic nitrogens is 2. The van der Waals surface area contributed by atoms with Gasteiger partial charge in [-0.25, -0.2) is 8.42 Å². The Labute approximate surface area is 177 Å². The normalized spacial score (nSPS) is 13.8. The van der Waals surface area contributed by atoms with Gasteiger partial charge in [-0.05, 0) is 37.1 Å². The van der Waals surface area contributed by atoms with Crippen molar-refractivity contribution in [3.63, 3.8) is 0 Å². The van der Waals surface area contributed by atoms with E-state index in [9.17, 15) is 8.42 Å². The molecule has 30 heavy (non-hydrogen) atoms. The number of benzene rings is 2. The van der Waals surface area contributed by atoms with Crippen molar-refractivity contribution in [2.24, 2.45) is 0 Å². The molecular formula is C22H26N4O3S. The van der Waals surface area contributed by atoms with Crippen molar-refractivity contribution in [1.29, 1.82) is 0 Å². The van der Waals surface area contributed by atoms with Gasteiger partial charge in [-0.1, -0.05) is 48.8 Å². The topological polar surface area (TPSA) is 79.5 Å². The summed E-state index contributed by atoms with van der Waals surface area (Å²) in [5.74, 6) is 1.11. The molecule has 0 saturated carbocycles. The molecule has 0 radical (unpaired) electrons. The highest BCUT2D eigenvalue weighted by molar-refractivity contribution is 7.89. The van der Waals surface area contributed by atoms with E-state index in [2.05, 4.69) is 15.0 Å². The van der Waals surface area contributed by atoms with Gasteiger partial charge in [-0.3, -0.25) is 0 Å². The molecule has 1 aromatic heterocycles. The molecule has 0 amide bonds. The van der Waals surface area contributed by atoms with Gasteiger partial charge in [0.05, 0.1) is 11.4 Å². The van der Waals surface area contributed by atoms with Crippen LogP contribution >= 0.6 is 0 Å². The molecule has 0 spiro atoms. The summed E-state index contributed by atoms with van der Waals surface area (Å²) in [4.78, 5) is 7.03. The predicted molar refractivity (Wildman–Crippen MR) is 116 cm³/mol. The highest BCUT2D eigenvalue weighted by Gasteiger charge is 2.26. The van der Waals surface area contributed by atoms with Crippen molar-refractivity contribution in [3.05, 3.63) is 59.5 Å². The molecule has 0 unspecified atom stereocenters. The summed E-state index contributed by atoms with van der Waals surface area (Å²) >= 11 is 0. The lowest BCUT2D eigenvalue weighted by Gasteiger charge is -2.20. The van der Waals surface area contributed by atoms with Crippen molar-refractivity contribution >= 4 is 15.7 Å². The predicted octanol–water partition coefficient (Wildman–Crippen LogP) is 3.64. The Morgan fingerprint density at radius 3 is 2.53 bits per heavy atom. The highest BCUT2D eigenvalue weighted by atomic mass is 32.2. The van der Waals surface area contributed by atoms with E-state index in [1.54, 1.807) is 12.1 Å². The number of aryl methyl sites for hydroxylation is 1. The van der Waals surface area contributed by atoms with Gasteiger partial charge in [-0.2, -0.15) is 9.29 Å². The van der Waals surface area contributed by atoms with Gasteiger partial charge in [0.1, 0.15) is 0 Å². The van der Waals surface area contributed by atoms with Crippen LogP contribution in [0.5, 0.6) is 0 Å². The second kappa shape index (κ2) is 8.20. The Bertz CT molecular complexity index is 1140. The van der Waals surface area contributed by atoms with Crippen LogP contribution in [0.1, 0.15) is 30.9 Å². The molecule has 0 fully saturated rings. The minimum absolute atomic E-state index is 0.353. The van der Waals surface area contributed by atoms with Gasteiger partial charge in [0.15, 0.2) is 0 Å². The van der Waals surface area contributed by atoms with E-state index < -0.39 is 10.0 Å². The molecule has 8 heteroatoms. The number of hydrogen-bond acceptors (Lipinski definition) is 6. The first kappa shape index (κ1) is 20.6. The average Bonchev–Trinajstić information content (AvgIpc) is 3.36. The molecule has 1 aliphatic rings. The number of sulfonamides is 1. The highest BCUT2D eigenvalue weighted by Crippen LogP contribution is 2.32. The third-order valence-corrected chi connectivity index (χ3v) is 7.54. The molecule has 0 atom stereocenters. The fraction of sp³-hybridized carbons (Fsp3) is 0.364. The molecule has 1 aliphatic heterocycles. The van der Waals surface area contributed by atoms with Crippen molar-refractivity contribution in [3.8, 4) is 11.4 Å². The summed E-state index contributed by atoms with van der Waals surface area (Å²) in [5, 5.41) is 4.10. The maximum Gasteiger partial charge on any atom is 0.246 e. The smallest absolute Gasteiger partial charge is 0.246 e. The maximum atomic E-state index is 12.8. The van der Waals surface area contributed by atoms with Crippen LogP contribution in [0.4, 0.5) is 5.69 Å². The Morgan fingerprint density at radius 2 is 1.83 bits per heavy atom. The molecule has 0 N–H and O–H groups in total. The van der Waals surface area contributed by atoms with Gasteiger partial charge < -0.3 is 9.42 Å². The Hall–Kier alpha value is -2.71. The lowest BCUT2D eigenvalue weighted by Crippen LogP contribution is -2.30. The number of nitrogens with zero attached hydrogens (tertiary/aromatic N) is 4. The van der Waals surface area contributed by atoms with Crippen molar-refractivity contribution in [1.82, 2.24) is 14.4 Å². The third-order valence-electron chi connectivity index (χ3n) is 5.49. The monoisotopic (exact) mass is 426 g/mol. The SMILES string of the molecule is CCN(CC)S(=O)(=O)c1ccc2c(c1)CCN2Cc1nc(-c2ccc(C)cc2)no1. The van der Waals surface area contributed by atoms with E-state index in [-0.39, 0.29) is 0 Å². The quantitative estimate of drug-likeness (QED) is 0.574. The Balaban J connectivity index is 1.53. The molecule has 0 saturated heterocycles. The lowest BCUT2D eigenvalue weighted by atomic mass is 10.1. The maximum absolute atomic E-state index is 12.8. The van der Waals surface area contributed by atoms with Gasteiger partial charge in [-0.15, -0.1) is 0 Å². The van der Waals surface area contributed by atoms with E-state index in [0.717, 1.165) is 29.8 Å². The summed E-state index contributed by atoms with van der Waals surface area (Å²) in [6.07, 6.45) is 0.788. The minimum atomic E-state index is -3.46. The summed E-state index contributed by atoms with van der Waals surface area (Å²) in [6, 6.07) is 13.4. The van der Waals surface area contributed by atoms with E-state index in [4.69, 9.17) is 4.52 Å². The van der Waals surface area contributed by atoms with E-state index in [0.29, 0.717) is 36.2 Å². The number of hydrogen-bond donors (Lipinski definition) is 0. The molecule has 4 rings (SSSR count). The zero-order valence-electron chi connectivity index (χ0n) is 17.5. The Kier molecular flexibility index (Phi) is 5.62. The van der Waals surface area contributed by atoms with Gasteiger partial charge in [0.25, 0.3) is 0 Å². The van der Waals surface area contributed by atoms with Crippen LogP contribution < -0.4 is 4.90 Å². The third kappa shape index (κ3) is 3.85. The molecule has 2 heterocycles. The van der Waals surface area contributed by atoms with Crippen LogP contribution in [-0.4, -0.2) is 42.5 Å². The summed E-state index contributed by atoms with van der Waals surface area (Å²) < 4.78 is 32.5. The summed E-state index contributed by atoms with van der Waals surface area (Å²) in [7, 11) is -3.46. The first-order valence-electron chi connectivity index (χ1n) is 10.2. The van der Waals surface area contributed by atoms with Crippen molar-refractivity contribution < 1.29 is 12.9 Å². The zero-order chi connectivity index (χ0) is 21.3. The van der Waals surface area contributed by atoms with E-state index in [1.165, 1.54) is 9.87 Å². The molecule has 0 bridgehead atoms. The molecule has 158 valence electrons. The largest absolute Gasteiger partial charge is 0.362 e. The second-order valence-electron chi connectivity index (χ2n) is 7.43. The van der Waals surface area contributed by atoms with Gasteiger partial charge in [0.2, 0.25) is 21.7 Å². The zero-order valence-corrected chi connectivity index (χ0v) is 18.3. The van der Waals surface area contributed by atoms with Crippen LogP contribution in [0.15, 0.2) is 51.9 Å². The molecule has 3 aromatic rings. The first-order valence-corrected chi connectivity index (χ1v) is 11.6. The number of fused-ring (bicyclic) bond motifs is 1. The molecular weight excluding hydrogens is 400 g/mol. The molecule has 7 nitrogen and oxygen atoms in total. The lowest BCUT2D eigenvalue weighted by molar-refractivity contribution is 0.377. The average molecular weight is 427 g/mol. The number of anilines is 1.